The summed E-state index contributed by atoms with van der Waals surface area (Å²) in [5.74, 6) is 0.658. The van der Waals surface area contributed by atoms with Gasteiger partial charge in [0.1, 0.15) is 0 Å². The van der Waals surface area contributed by atoms with Gasteiger partial charge in [-0.2, -0.15) is 0 Å². The minimum atomic E-state index is 0.201. The molecular weight excluding hydrogens is 196 g/mol. The number of benzene rings is 1. The van der Waals surface area contributed by atoms with E-state index in [1.54, 1.807) is 0 Å². The van der Waals surface area contributed by atoms with Crippen LogP contribution >= 0.6 is 11.6 Å². The van der Waals surface area contributed by atoms with Crippen LogP contribution in [0.5, 0.6) is 0 Å². The highest BCUT2D eigenvalue weighted by Gasteiger charge is 2.23. The van der Waals surface area contributed by atoms with Gasteiger partial charge in [-0.25, -0.2) is 0 Å². The Balaban J connectivity index is 2.28. The van der Waals surface area contributed by atoms with Gasteiger partial charge in [0.2, 0.25) is 0 Å². The van der Waals surface area contributed by atoms with Gasteiger partial charge in [-0.1, -0.05) is 24.3 Å². The molecule has 2 heteroatoms. The van der Waals surface area contributed by atoms with Crippen molar-refractivity contribution >= 4 is 11.6 Å². The first-order valence-corrected chi connectivity index (χ1v) is 5.64. The van der Waals surface area contributed by atoms with E-state index in [-0.39, 0.29) is 6.10 Å². The first-order valence-electron chi connectivity index (χ1n) is 5.10. The average molecular weight is 211 g/mol. The maximum atomic E-state index is 5.87. The fourth-order valence-electron chi connectivity index (χ4n) is 2.07. The molecule has 1 nitrogen and oxygen atoms in total. The molecule has 0 aliphatic carbocycles. The third-order valence-corrected chi connectivity index (χ3v) is 2.90. The summed E-state index contributed by atoms with van der Waals surface area (Å²) in [6, 6.07) is 8.50. The molecule has 1 heterocycles. The maximum Gasteiger partial charge on any atom is 0.0842 e. The van der Waals surface area contributed by atoms with E-state index >= 15 is 0 Å². The Labute approximate surface area is 90.0 Å². The summed E-state index contributed by atoms with van der Waals surface area (Å²) in [4.78, 5) is 0. The molecule has 14 heavy (non-hydrogen) atoms. The molecule has 0 radical (unpaired) electrons. The second-order valence-corrected chi connectivity index (χ2v) is 4.19. The van der Waals surface area contributed by atoms with Crippen LogP contribution in [0, 0.1) is 0 Å². The van der Waals surface area contributed by atoms with Crippen molar-refractivity contribution in [1.29, 1.82) is 0 Å². The molecule has 2 atom stereocenters. The highest BCUT2D eigenvalue weighted by molar-refractivity contribution is 6.17. The number of rotatable bonds is 2. The molecule has 0 unspecified atom stereocenters. The second kappa shape index (κ2) is 4.33. The van der Waals surface area contributed by atoms with Crippen molar-refractivity contribution in [1.82, 2.24) is 0 Å². The van der Waals surface area contributed by atoms with E-state index in [0.717, 1.165) is 12.8 Å². The normalized spacial score (nSPS) is 25.9. The Bertz CT molecular complexity index is 311. The first kappa shape index (κ1) is 10.0. The molecular formula is C12H15ClO. The second-order valence-electron chi connectivity index (χ2n) is 3.82. The van der Waals surface area contributed by atoms with Crippen LogP contribution in [0.3, 0.4) is 0 Å². The van der Waals surface area contributed by atoms with Crippen LogP contribution < -0.4 is 0 Å². The molecule has 0 N–H and O–H groups in total. The van der Waals surface area contributed by atoms with Gasteiger partial charge in [0.25, 0.3) is 0 Å². The molecule has 0 amide bonds. The summed E-state index contributed by atoms with van der Waals surface area (Å²) in [6.45, 7) is 2.12. The molecule has 0 fully saturated rings. The van der Waals surface area contributed by atoms with Gasteiger partial charge < -0.3 is 4.74 Å². The Kier molecular flexibility index (Phi) is 3.09. The van der Waals surface area contributed by atoms with E-state index in [1.165, 1.54) is 11.1 Å². The Morgan fingerprint density at radius 3 is 3.00 bits per heavy atom. The van der Waals surface area contributed by atoms with Gasteiger partial charge in [0, 0.05) is 5.88 Å². The third-order valence-electron chi connectivity index (χ3n) is 2.68. The molecule has 1 aromatic rings. The Morgan fingerprint density at radius 1 is 1.43 bits per heavy atom. The molecule has 0 aromatic heterocycles. The van der Waals surface area contributed by atoms with Gasteiger partial charge in [-0.15, -0.1) is 11.6 Å². The number of fused-ring (bicyclic) bond motifs is 1. The Morgan fingerprint density at radius 2 is 2.21 bits per heavy atom. The summed E-state index contributed by atoms with van der Waals surface area (Å²) >= 11 is 5.77. The monoisotopic (exact) mass is 210 g/mol. The third kappa shape index (κ3) is 1.94. The fraction of sp³-hybridized carbons (Fsp3) is 0.500. The predicted molar refractivity (Wildman–Crippen MR) is 58.8 cm³/mol. The summed E-state index contributed by atoms with van der Waals surface area (Å²) < 4.78 is 5.87. The van der Waals surface area contributed by atoms with Crippen LogP contribution in [-0.2, 0) is 11.2 Å². The molecule has 2 rings (SSSR count). The smallest absolute Gasteiger partial charge is 0.0842 e. The fourth-order valence-corrected chi connectivity index (χ4v) is 2.27. The standard InChI is InChI=1S/C12H15ClO/c1-9-8-10-4-2-3-5-11(10)12(14-9)6-7-13/h2-5,9,12H,6-8H2,1H3/t9-,12+/m0/s1. The molecule has 0 spiro atoms. The van der Waals surface area contributed by atoms with Crippen LogP contribution in [0.1, 0.15) is 30.6 Å². The number of ether oxygens (including phenoxy) is 1. The summed E-state index contributed by atoms with van der Waals surface area (Å²) in [5.41, 5.74) is 2.74. The molecule has 0 saturated heterocycles. The van der Waals surface area contributed by atoms with Crippen molar-refractivity contribution in [2.75, 3.05) is 5.88 Å². The van der Waals surface area contributed by atoms with Gasteiger partial charge in [0.05, 0.1) is 12.2 Å². The lowest BCUT2D eigenvalue weighted by Crippen LogP contribution is -2.23. The van der Waals surface area contributed by atoms with Gasteiger partial charge in [0.15, 0.2) is 0 Å². The van der Waals surface area contributed by atoms with Crippen LogP contribution in [0.4, 0.5) is 0 Å². The van der Waals surface area contributed by atoms with Crippen LogP contribution in [0.2, 0.25) is 0 Å². The number of hydrogen-bond acceptors (Lipinski definition) is 1. The molecule has 76 valence electrons. The highest BCUT2D eigenvalue weighted by Crippen LogP contribution is 2.32. The molecule has 0 bridgehead atoms. The zero-order valence-electron chi connectivity index (χ0n) is 8.37. The van der Waals surface area contributed by atoms with Crippen LogP contribution in [0.25, 0.3) is 0 Å². The van der Waals surface area contributed by atoms with E-state index in [9.17, 15) is 0 Å². The highest BCUT2D eigenvalue weighted by atomic mass is 35.5. The minimum absolute atomic E-state index is 0.201. The van der Waals surface area contributed by atoms with Crippen molar-refractivity contribution in [3.8, 4) is 0 Å². The molecule has 1 aliphatic rings. The van der Waals surface area contributed by atoms with Crippen molar-refractivity contribution in [2.45, 2.75) is 32.0 Å². The van der Waals surface area contributed by atoms with Crippen LogP contribution in [-0.4, -0.2) is 12.0 Å². The maximum absolute atomic E-state index is 5.87. The quantitative estimate of drug-likeness (QED) is 0.681. The van der Waals surface area contributed by atoms with E-state index in [0.29, 0.717) is 12.0 Å². The zero-order valence-corrected chi connectivity index (χ0v) is 9.13. The van der Waals surface area contributed by atoms with E-state index < -0.39 is 0 Å². The van der Waals surface area contributed by atoms with Crippen molar-refractivity contribution in [3.63, 3.8) is 0 Å². The molecule has 0 saturated carbocycles. The van der Waals surface area contributed by atoms with Crippen molar-refractivity contribution in [3.05, 3.63) is 35.4 Å². The lowest BCUT2D eigenvalue weighted by atomic mass is 9.93. The zero-order chi connectivity index (χ0) is 9.97. The van der Waals surface area contributed by atoms with E-state index in [2.05, 4.69) is 31.2 Å². The minimum Gasteiger partial charge on any atom is -0.370 e. The summed E-state index contributed by atoms with van der Waals surface area (Å²) in [5, 5.41) is 0. The lowest BCUT2D eigenvalue weighted by molar-refractivity contribution is -0.0167. The van der Waals surface area contributed by atoms with Gasteiger partial charge in [-0.05, 0) is 30.9 Å². The van der Waals surface area contributed by atoms with Crippen LogP contribution in [0.15, 0.2) is 24.3 Å². The van der Waals surface area contributed by atoms with Crippen molar-refractivity contribution < 1.29 is 4.74 Å². The average Bonchev–Trinajstić information content (AvgIpc) is 2.18. The number of hydrogen-bond donors (Lipinski definition) is 0. The number of alkyl halides is 1. The van der Waals surface area contributed by atoms with Gasteiger partial charge in [-0.3, -0.25) is 0 Å². The molecule has 1 aromatic carbocycles. The molecule has 1 aliphatic heterocycles. The SMILES string of the molecule is C[C@H]1Cc2ccccc2[C@@H](CCCl)O1. The number of halogens is 1. The first-order chi connectivity index (χ1) is 6.81. The van der Waals surface area contributed by atoms with E-state index in [1.807, 2.05) is 0 Å². The largest absolute Gasteiger partial charge is 0.370 e. The van der Waals surface area contributed by atoms with E-state index in [4.69, 9.17) is 16.3 Å². The van der Waals surface area contributed by atoms with Crippen molar-refractivity contribution in [2.24, 2.45) is 0 Å². The van der Waals surface area contributed by atoms with Gasteiger partial charge >= 0.3 is 0 Å². The summed E-state index contributed by atoms with van der Waals surface area (Å²) in [6.07, 6.45) is 2.45. The summed E-state index contributed by atoms with van der Waals surface area (Å²) in [7, 11) is 0. The predicted octanol–water partition coefficient (Wildman–Crippen LogP) is 3.32. The Hall–Kier alpha value is -0.530. The lowest BCUT2D eigenvalue weighted by Gasteiger charge is -2.30. The topological polar surface area (TPSA) is 9.23 Å².